The van der Waals surface area contributed by atoms with Crippen LogP contribution in [0, 0.1) is 23.2 Å². The van der Waals surface area contributed by atoms with Crippen molar-refractivity contribution >= 4 is 28.3 Å². The highest BCUT2D eigenvalue weighted by molar-refractivity contribution is 7.16. The molecule has 3 rings (SSSR count). The number of rotatable bonds is 4. The first-order valence-electron chi connectivity index (χ1n) is 7.58. The lowest BCUT2D eigenvalue weighted by Crippen LogP contribution is -2.21. The van der Waals surface area contributed by atoms with Crippen molar-refractivity contribution in [2.45, 2.75) is 19.3 Å². The molecule has 1 aliphatic rings. The van der Waals surface area contributed by atoms with E-state index in [9.17, 15) is 14.9 Å². The van der Waals surface area contributed by atoms with Crippen LogP contribution in [0.25, 0.3) is 11.3 Å². The summed E-state index contributed by atoms with van der Waals surface area (Å²) < 4.78 is 0. The van der Waals surface area contributed by atoms with Crippen LogP contribution in [0.5, 0.6) is 0 Å². The third-order valence-electron chi connectivity index (χ3n) is 4.16. The number of carboxylic acids is 1. The Balaban J connectivity index is 1.75. The number of benzene rings is 1. The van der Waals surface area contributed by atoms with Gasteiger partial charge in [0.2, 0.25) is 5.91 Å². The van der Waals surface area contributed by atoms with Gasteiger partial charge in [0.05, 0.1) is 5.92 Å². The van der Waals surface area contributed by atoms with Gasteiger partial charge in [0.25, 0.3) is 0 Å². The summed E-state index contributed by atoms with van der Waals surface area (Å²) in [6, 6.07) is 11.4. The van der Waals surface area contributed by atoms with Gasteiger partial charge in [-0.15, -0.1) is 0 Å². The predicted octanol–water partition coefficient (Wildman–Crippen LogP) is 3.12. The van der Waals surface area contributed by atoms with Crippen LogP contribution in [-0.4, -0.2) is 22.0 Å². The zero-order valence-corrected chi connectivity index (χ0v) is 13.5. The Bertz CT molecular complexity index is 810. The van der Waals surface area contributed by atoms with E-state index < -0.39 is 11.9 Å². The molecular weight excluding hydrogens is 326 g/mol. The van der Waals surface area contributed by atoms with Crippen LogP contribution in [0.4, 0.5) is 5.13 Å². The summed E-state index contributed by atoms with van der Waals surface area (Å²) in [5.74, 6) is -1.85. The molecule has 1 aromatic heterocycles. The van der Waals surface area contributed by atoms with E-state index in [2.05, 4.69) is 16.4 Å². The molecule has 1 heterocycles. The Hall–Kier alpha value is -2.72. The number of thiazole rings is 1. The fourth-order valence-electron chi connectivity index (χ4n) is 2.89. The Morgan fingerprint density at radius 1 is 1.25 bits per heavy atom. The van der Waals surface area contributed by atoms with Crippen molar-refractivity contribution in [1.82, 2.24) is 4.98 Å². The van der Waals surface area contributed by atoms with E-state index in [1.54, 1.807) is 0 Å². The number of aliphatic carboxylic acids is 1. The van der Waals surface area contributed by atoms with Crippen LogP contribution in [0.15, 0.2) is 30.3 Å². The van der Waals surface area contributed by atoms with E-state index in [0.29, 0.717) is 35.0 Å². The van der Waals surface area contributed by atoms with Crippen molar-refractivity contribution in [3.8, 4) is 17.3 Å². The number of carboxylic acid groups (broad SMARTS) is 1. The van der Waals surface area contributed by atoms with Crippen molar-refractivity contribution in [3.63, 3.8) is 0 Å². The monoisotopic (exact) mass is 341 g/mol. The van der Waals surface area contributed by atoms with Gasteiger partial charge in [0, 0.05) is 11.5 Å². The van der Waals surface area contributed by atoms with E-state index in [1.807, 2.05) is 30.3 Å². The number of nitrogens with one attached hydrogen (secondary N) is 1. The van der Waals surface area contributed by atoms with E-state index >= 15 is 0 Å². The molecule has 2 aromatic rings. The van der Waals surface area contributed by atoms with E-state index in [-0.39, 0.29) is 11.8 Å². The highest BCUT2D eigenvalue weighted by atomic mass is 32.1. The number of carbonyl (C=O) groups is 2. The quantitative estimate of drug-likeness (QED) is 0.889. The van der Waals surface area contributed by atoms with Crippen molar-refractivity contribution in [2.75, 3.05) is 5.32 Å². The number of hydrogen-bond acceptors (Lipinski definition) is 5. The maximum absolute atomic E-state index is 12.3. The minimum absolute atomic E-state index is 0.225. The maximum Gasteiger partial charge on any atom is 0.306 e. The van der Waals surface area contributed by atoms with Gasteiger partial charge in [0.1, 0.15) is 16.6 Å². The Labute approximate surface area is 142 Å². The zero-order valence-electron chi connectivity index (χ0n) is 12.7. The number of anilines is 1. The molecule has 2 atom stereocenters. The second-order valence-corrected chi connectivity index (χ2v) is 6.71. The molecule has 0 saturated heterocycles. The Morgan fingerprint density at radius 3 is 2.58 bits per heavy atom. The lowest BCUT2D eigenvalue weighted by molar-refractivity contribution is -0.141. The molecule has 24 heavy (non-hydrogen) atoms. The first-order valence-corrected chi connectivity index (χ1v) is 8.40. The van der Waals surface area contributed by atoms with Crippen LogP contribution in [0.3, 0.4) is 0 Å². The lowest BCUT2D eigenvalue weighted by Gasteiger charge is -2.08. The van der Waals surface area contributed by atoms with Crippen molar-refractivity contribution in [2.24, 2.45) is 11.8 Å². The van der Waals surface area contributed by atoms with Gasteiger partial charge < -0.3 is 10.4 Å². The number of carbonyl (C=O) groups excluding carboxylic acids is 1. The van der Waals surface area contributed by atoms with Crippen LogP contribution in [0.1, 0.15) is 24.1 Å². The first-order chi connectivity index (χ1) is 11.6. The number of nitriles is 1. The summed E-state index contributed by atoms with van der Waals surface area (Å²) in [5, 5.41) is 21.4. The molecule has 1 amide bonds. The fourth-order valence-corrected chi connectivity index (χ4v) is 3.68. The molecule has 1 fully saturated rings. The van der Waals surface area contributed by atoms with Gasteiger partial charge in [-0.05, 0) is 19.3 Å². The van der Waals surface area contributed by atoms with Crippen LogP contribution in [-0.2, 0) is 9.59 Å². The maximum atomic E-state index is 12.3. The number of nitrogens with zero attached hydrogens (tertiary/aromatic N) is 2. The molecule has 0 aliphatic heterocycles. The van der Waals surface area contributed by atoms with Crippen LogP contribution in [0.2, 0.25) is 0 Å². The van der Waals surface area contributed by atoms with Gasteiger partial charge >= 0.3 is 5.97 Å². The number of aromatic nitrogens is 1. The van der Waals surface area contributed by atoms with Gasteiger partial charge in [-0.25, -0.2) is 4.98 Å². The molecule has 0 radical (unpaired) electrons. The normalized spacial score (nSPS) is 19.6. The summed E-state index contributed by atoms with van der Waals surface area (Å²) in [6.45, 7) is 0. The molecule has 0 bridgehead atoms. The Kier molecular flexibility index (Phi) is 4.58. The van der Waals surface area contributed by atoms with Crippen LogP contribution >= 0.6 is 11.3 Å². The predicted molar refractivity (Wildman–Crippen MR) is 89.4 cm³/mol. The largest absolute Gasteiger partial charge is 0.481 e. The molecule has 1 aliphatic carbocycles. The third-order valence-corrected chi connectivity index (χ3v) is 5.03. The van der Waals surface area contributed by atoms with Crippen molar-refractivity contribution in [3.05, 3.63) is 35.2 Å². The minimum Gasteiger partial charge on any atom is -0.481 e. The van der Waals surface area contributed by atoms with E-state index in [1.165, 1.54) is 0 Å². The highest BCUT2D eigenvalue weighted by Crippen LogP contribution is 2.34. The molecule has 2 N–H and O–H groups in total. The number of amides is 1. The molecule has 122 valence electrons. The van der Waals surface area contributed by atoms with Gasteiger partial charge in [-0.2, -0.15) is 5.26 Å². The molecular formula is C17H15N3O3S. The van der Waals surface area contributed by atoms with E-state index in [4.69, 9.17) is 5.11 Å². The number of hydrogen-bond donors (Lipinski definition) is 2. The standard InChI is InChI=1S/C17H15N3O3S/c18-9-13-14(10-4-2-1-3-5-10)19-17(24-13)20-15(21)11-6-7-12(8-11)16(22)23/h1-5,11-12H,6-8H2,(H,22,23)(H,19,20,21)/t11-,12?/m0/s1. The smallest absolute Gasteiger partial charge is 0.306 e. The topological polar surface area (TPSA) is 103 Å². The summed E-state index contributed by atoms with van der Waals surface area (Å²) >= 11 is 1.13. The molecule has 1 unspecified atom stereocenters. The molecule has 1 saturated carbocycles. The summed E-state index contributed by atoms with van der Waals surface area (Å²) in [5.41, 5.74) is 1.37. The molecule has 1 aromatic carbocycles. The average molecular weight is 341 g/mol. The summed E-state index contributed by atoms with van der Waals surface area (Å²) in [7, 11) is 0. The third kappa shape index (κ3) is 3.29. The second kappa shape index (κ2) is 6.81. The van der Waals surface area contributed by atoms with Gasteiger partial charge in [0.15, 0.2) is 5.13 Å². The minimum atomic E-state index is -0.849. The SMILES string of the molecule is N#Cc1sc(NC(=O)[C@H]2CCC(C(=O)O)C2)nc1-c1ccccc1. The van der Waals surface area contributed by atoms with Crippen molar-refractivity contribution in [1.29, 1.82) is 5.26 Å². The lowest BCUT2D eigenvalue weighted by atomic mass is 10.0. The van der Waals surface area contributed by atoms with Crippen molar-refractivity contribution < 1.29 is 14.7 Å². The zero-order chi connectivity index (χ0) is 17.1. The average Bonchev–Trinajstić information content (AvgIpc) is 3.22. The summed E-state index contributed by atoms with van der Waals surface area (Å²) in [4.78, 5) is 28.1. The van der Waals surface area contributed by atoms with Gasteiger partial charge in [-0.3, -0.25) is 9.59 Å². The van der Waals surface area contributed by atoms with E-state index in [0.717, 1.165) is 16.9 Å². The summed E-state index contributed by atoms with van der Waals surface area (Å²) in [6.07, 6.45) is 1.43. The van der Waals surface area contributed by atoms with Crippen LogP contribution < -0.4 is 5.32 Å². The second-order valence-electron chi connectivity index (χ2n) is 5.71. The molecule has 7 heteroatoms. The first kappa shape index (κ1) is 16.1. The van der Waals surface area contributed by atoms with Gasteiger partial charge in [-0.1, -0.05) is 41.7 Å². The Morgan fingerprint density at radius 2 is 1.96 bits per heavy atom. The molecule has 6 nitrogen and oxygen atoms in total. The molecule has 0 spiro atoms. The fraction of sp³-hybridized carbons (Fsp3) is 0.294. The highest BCUT2D eigenvalue weighted by Gasteiger charge is 2.34.